The van der Waals surface area contributed by atoms with Crippen LogP contribution in [0.25, 0.3) is 33.4 Å². The number of hydrazine groups is 1. The number of nitrogens with zero attached hydrogens (tertiary/aromatic N) is 2. The lowest BCUT2D eigenvalue weighted by Crippen LogP contribution is -2.09. The van der Waals surface area contributed by atoms with E-state index in [0.717, 1.165) is 16.7 Å². The smallest absolute Gasteiger partial charge is 0.191 e. The van der Waals surface area contributed by atoms with Gasteiger partial charge in [-0.2, -0.15) is 5.26 Å². The monoisotopic (exact) mass is 368 g/mol. The summed E-state index contributed by atoms with van der Waals surface area (Å²) in [7, 11) is 0. The molecule has 0 radical (unpaired) electrons. The maximum Gasteiger partial charge on any atom is 0.191 e. The molecule has 2 aromatic heterocycles. The first kappa shape index (κ1) is 17.3. The first-order chi connectivity index (χ1) is 13.6. The van der Waals surface area contributed by atoms with E-state index in [1.807, 2.05) is 12.1 Å². The third-order valence-corrected chi connectivity index (χ3v) is 4.53. The molecule has 0 saturated heterocycles. The molecule has 7 nitrogen and oxygen atoms in total. The fourth-order valence-electron chi connectivity index (χ4n) is 3.12. The number of rotatable bonds is 3. The molecule has 2 aromatic carbocycles. The number of nitrogens with one attached hydrogen (secondary N) is 2. The maximum absolute atomic E-state index is 12.3. The molecule has 136 valence electrons. The van der Waals surface area contributed by atoms with Crippen LogP contribution < -0.4 is 22.4 Å². The van der Waals surface area contributed by atoms with Crippen LogP contribution in [0.3, 0.4) is 0 Å². The zero-order chi connectivity index (χ0) is 19.7. The fraction of sp³-hybridized carbons (Fsp3) is 0. The second-order valence-electron chi connectivity index (χ2n) is 6.26. The van der Waals surface area contributed by atoms with Crippen molar-refractivity contribution in [2.24, 2.45) is 5.84 Å². The molecule has 0 fully saturated rings. The van der Waals surface area contributed by atoms with Crippen molar-refractivity contribution in [3.05, 3.63) is 76.6 Å². The summed E-state index contributed by atoms with van der Waals surface area (Å²) in [5.74, 6) is 5.56. The Balaban J connectivity index is 2.06. The minimum absolute atomic E-state index is 0.132. The first-order valence-corrected chi connectivity index (χ1v) is 8.50. The summed E-state index contributed by atoms with van der Waals surface area (Å²) in [5, 5.41) is 9.72. The number of fused-ring (bicyclic) bond motifs is 1. The SMILES string of the molecule is N#Cc1cccc(-c2nc3[nH]ccc(=O)c3cc2-c2ccc(N)c(NN)c2)c1. The Morgan fingerprint density at radius 2 is 1.93 bits per heavy atom. The largest absolute Gasteiger partial charge is 0.397 e. The Labute approximate surface area is 160 Å². The third-order valence-electron chi connectivity index (χ3n) is 4.53. The van der Waals surface area contributed by atoms with Gasteiger partial charge in [-0.3, -0.25) is 10.6 Å². The molecule has 4 rings (SSSR count). The van der Waals surface area contributed by atoms with Crippen molar-refractivity contribution in [2.45, 2.75) is 0 Å². The summed E-state index contributed by atoms with van der Waals surface area (Å²) in [5.41, 5.74) is 13.4. The molecule has 0 spiro atoms. The van der Waals surface area contributed by atoms with Crippen LogP contribution in [0.1, 0.15) is 5.56 Å². The van der Waals surface area contributed by atoms with Gasteiger partial charge in [-0.15, -0.1) is 0 Å². The molecule has 0 bridgehead atoms. The molecule has 7 heteroatoms. The summed E-state index contributed by atoms with van der Waals surface area (Å²) in [6.07, 6.45) is 1.56. The predicted octanol–water partition coefficient (Wildman–Crippen LogP) is 3.00. The molecule has 0 aliphatic rings. The summed E-state index contributed by atoms with van der Waals surface area (Å²) in [4.78, 5) is 20.0. The number of hydrogen-bond acceptors (Lipinski definition) is 6. The molecule has 0 saturated carbocycles. The molecule has 28 heavy (non-hydrogen) atoms. The van der Waals surface area contributed by atoms with Crippen LogP contribution >= 0.6 is 0 Å². The van der Waals surface area contributed by atoms with Gasteiger partial charge in [0.05, 0.1) is 34.1 Å². The van der Waals surface area contributed by atoms with Crippen molar-refractivity contribution in [2.75, 3.05) is 11.2 Å². The summed E-state index contributed by atoms with van der Waals surface area (Å²) in [6, 6.07) is 17.9. The van der Waals surface area contributed by atoms with E-state index < -0.39 is 0 Å². The van der Waals surface area contributed by atoms with Crippen molar-refractivity contribution >= 4 is 22.4 Å². The molecule has 6 N–H and O–H groups in total. The predicted molar refractivity (Wildman–Crippen MR) is 110 cm³/mol. The summed E-state index contributed by atoms with van der Waals surface area (Å²) >= 11 is 0. The molecular weight excluding hydrogens is 352 g/mol. The van der Waals surface area contributed by atoms with E-state index in [9.17, 15) is 10.1 Å². The third kappa shape index (κ3) is 2.94. The van der Waals surface area contributed by atoms with Crippen molar-refractivity contribution < 1.29 is 0 Å². The second kappa shape index (κ2) is 6.87. The van der Waals surface area contributed by atoms with E-state index in [0.29, 0.717) is 33.7 Å². The van der Waals surface area contributed by atoms with Crippen LogP contribution in [-0.4, -0.2) is 9.97 Å². The maximum atomic E-state index is 12.3. The highest BCUT2D eigenvalue weighted by atomic mass is 16.1. The number of nitrogen functional groups attached to an aromatic ring is 2. The van der Waals surface area contributed by atoms with Crippen molar-refractivity contribution in [1.82, 2.24) is 9.97 Å². The zero-order valence-electron chi connectivity index (χ0n) is 14.7. The minimum atomic E-state index is -0.132. The van der Waals surface area contributed by atoms with Crippen LogP contribution in [0.5, 0.6) is 0 Å². The highest BCUT2D eigenvalue weighted by Crippen LogP contribution is 2.35. The fourth-order valence-corrected chi connectivity index (χ4v) is 3.12. The Morgan fingerprint density at radius 1 is 1.07 bits per heavy atom. The molecule has 0 aliphatic carbocycles. The van der Waals surface area contributed by atoms with Crippen molar-refractivity contribution in [3.8, 4) is 28.5 Å². The van der Waals surface area contributed by atoms with Crippen molar-refractivity contribution in [1.29, 1.82) is 5.26 Å². The van der Waals surface area contributed by atoms with Crippen LogP contribution in [0.4, 0.5) is 11.4 Å². The van der Waals surface area contributed by atoms with Crippen LogP contribution in [0.15, 0.2) is 65.6 Å². The van der Waals surface area contributed by atoms with E-state index in [4.69, 9.17) is 11.6 Å². The number of pyridine rings is 2. The Hall–Kier alpha value is -4.15. The number of benzene rings is 2. The number of nitrogens with two attached hydrogens (primary N) is 2. The summed E-state index contributed by atoms with van der Waals surface area (Å²) < 4.78 is 0. The lowest BCUT2D eigenvalue weighted by atomic mass is 9.96. The number of anilines is 2. The normalized spacial score (nSPS) is 10.6. The van der Waals surface area contributed by atoms with Crippen LogP contribution in [0.2, 0.25) is 0 Å². The van der Waals surface area contributed by atoms with E-state index in [2.05, 4.69) is 21.5 Å². The average Bonchev–Trinajstić information content (AvgIpc) is 2.73. The highest BCUT2D eigenvalue weighted by molar-refractivity contribution is 5.91. The molecule has 0 aliphatic heterocycles. The van der Waals surface area contributed by atoms with Gasteiger partial charge in [0, 0.05) is 23.4 Å². The van der Waals surface area contributed by atoms with E-state index in [1.165, 1.54) is 6.07 Å². The van der Waals surface area contributed by atoms with E-state index >= 15 is 0 Å². The number of nitriles is 1. The molecule has 2 heterocycles. The van der Waals surface area contributed by atoms with Gasteiger partial charge in [0.15, 0.2) is 5.43 Å². The van der Waals surface area contributed by atoms with Crippen molar-refractivity contribution in [3.63, 3.8) is 0 Å². The lowest BCUT2D eigenvalue weighted by molar-refractivity contribution is 1.27. The van der Waals surface area contributed by atoms with Gasteiger partial charge in [-0.25, -0.2) is 4.98 Å². The molecule has 0 unspecified atom stereocenters. The number of H-pyrrole nitrogens is 1. The summed E-state index contributed by atoms with van der Waals surface area (Å²) in [6.45, 7) is 0. The topological polar surface area (TPSA) is 134 Å². The number of aromatic nitrogens is 2. The molecular formula is C21H16N6O. The highest BCUT2D eigenvalue weighted by Gasteiger charge is 2.14. The van der Waals surface area contributed by atoms with Gasteiger partial charge in [-0.05, 0) is 35.9 Å². The van der Waals surface area contributed by atoms with Gasteiger partial charge in [-0.1, -0.05) is 18.2 Å². The van der Waals surface area contributed by atoms with Gasteiger partial charge in [0.25, 0.3) is 0 Å². The average molecular weight is 368 g/mol. The lowest BCUT2D eigenvalue weighted by Gasteiger charge is -2.13. The minimum Gasteiger partial charge on any atom is -0.397 e. The van der Waals surface area contributed by atoms with Gasteiger partial charge >= 0.3 is 0 Å². The van der Waals surface area contributed by atoms with Gasteiger partial charge in [0.1, 0.15) is 5.65 Å². The number of aromatic amines is 1. The standard InChI is InChI=1S/C21H16N6O/c22-11-12-2-1-3-14(8-12)20-15(13-4-5-17(23)18(9-13)27-24)10-16-19(28)6-7-25-21(16)26-20/h1-10,27H,23-24H2,(H,25,26,28). The van der Waals surface area contributed by atoms with Gasteiger partial charge in [0.2, 0.25) is 0 Å². The molecule has 0 amide bonds. The second-order valence-corrected chi connectivity index (χ2v) is 6.26. The Kier molecular flexibility index (Phi) is 4.24. The molecule has 4 aromatic rings. The quantitative estimate of drug-likeness (QED) is 0.249. The van der Waals surface area contributed by atoms with Gasteiger partial charge < -0.3 is 16.1 Å². The zero-order valence-corrected chi connectivity index (χ0v) is 14.7. The Bertz CT molecular complexity index is 1300. The van der Waals surface area contributed by atoms with E-state index in [1.54, 1.807) is 42.6 Å². The number of hydrogen-bond donors (Lipinski definition) is 4. The van der Waals surface area contributed by atoms with Crippen LogP contribution in [0, 0.1) is 11.3 Å². The van der Waals surface area contributed by atoms with E-state index in [-0.39, 0.29) is 5.43 Å². The first-order valence-electron chi connectivity index (χ1n) is 8.50. The molecule has 0 atom stereocenters. The Morgan fingerprint density at radius 3 is 2.71 bits per heavy atom. The van der Waals surface area contributed by atoms with Crippen LogP contribution in [-0.2, 0) is 0 Å².